The minimum atomic E-state index is 0.121. The maximum Gasteiger partial charge on any atom is 0.255 e. The number of nitrogens with zero attached hydrogens (tertiary/aromatic N) is 3. The van der Waals surface area contributed by atoms with Crippen molar-refractivity contribution in [2.24, 2.45) is 0 Å². The summed E-state index contributed by atoms with van der Waals surface area (Å²) in [5.41, 5.74) is 3.00. The number of likely N-dealkylation sites (tertiary alicyclic amines) is 1. The van der Waals surface area contributed by atoms with Crippen LogP contribution in [0.4, 0.5) is 0 Å². The lowest BCUT2D eigenvalue weighted by atomic mass is 10.0. The van der Waals surface area contributed by atoms with E-state index in [0.29, 0.717) is 6.04 Å². The number of rotatable bonds is 5. The highest BCUT2D eigenvalue weighted by molar-refractivity contribution is 5.95. The fourth-order valence-electron chi connectivity index (χ4n) is 3.49. The Balaban J connectivity index is 1.78. The number of carbonyl (C=O) groups excluding carboxylic acids is 1. The molecule has 0 unspecified atom stereocenters. The second-order valence-electron chi connectivity index (χ2n) is 6.96. The zero-order valence-electron chi connectivity index (χ0n) is 15.2. The third kappa shape index (κ3) is 4.45. The minimum absolute atomic E-state index is 0.121. The van der Waals surface area contributed by atoms with Crippen molar-refractivity contribution in [3.8, 4) is 0 Å². The van der Waals surface area contributed by atoms with Gasteiger partial charge >= 0.3 is 0 Å². The highest BCUT2D eigenvalue weighted by Crippen LogP contribution is 2.20. The quantitative estimate of drug-likeness (QED) is 0.841. The summed E-state index contributed by atoms with van der Waals surface area (Å²) in [7, 11) is 2.15. The third-order valence-corrected chi connectivity index (χ3v) is 5.14. The molecule has 0 spiro atoms. The Kier molecular flexibility index (Phi) is 5.82. The molecule has 0 aliphatic carbocycles. The van der Waals surface area contributed by atoms with Crippen LogP contribution in [0.1, 0.15) is 34.3 Å². The van der Waals surface area contributed by atoms with Crippen molar-refractivity contribution in [1.29, 1.82) is 0 Å². The van der Waals surface area contributed by atoms with Gasteiger partial charge in [-0.1, -0.05) is 30.3 Å². The zero-order valence-corrected chi connectivity index (χ0v) is 15.2. The lowest BCUT2D eigenvalue weighted by Crippen LogP contribution is -2.47. The first kappa shape index (κ1) is 17.6. The Morgan fingerprint density at radius 3 is 2.60 bits per heavy atom. The van der Waals surface area contributed by atoms with Gasteiger partial charge < -0.3 is 9.80 Å². The van der Waals surface area contributed by atoms with Crippen molar-refractivity contribution in [2.45, 2.75) is 32.2 Å². The summed E-state index contributed by atoms with van der Waals surface area (Å²) in [6.45, 7) is 4.84. The molecule has 0 bridgehead atoms. The summed E-state index contributed by atoms with van der Waals surface area (Å²) in [4.78, 5) is 21.8. The lowest BCUT2D eigenvalue weighted by Gasteiger charge is -2.37. The summed E-state index contributed by atoms with van der Waals surface area (Å²) in [5.74, 6) is 0.121. The van der Waals surface area contributed by atoms with Crippen LogP contribution in [0.5, 0.6) is 0 Å². The Hall–Kier alpha value is -2.20. The van der Waals surface area contributed by atoms with Crippen LogP contribution in [-0.2, 0) is 6.42 Å². The highest BCUT2D eigenvalue weighted by atomic mass is 16.2. The minimum Gasteiger partial charge on any atom is -0.335 e. The van der Waals surface area contributed by atoms with Crippen molar-refractivity contribution >= 4 is 5.91 Å². The van der Waals surface area contributed by atoms with E-state index >= 15 is 0 Å². The number of piperidine rings is 1. The number of hydrogen-bond acceptors (Lipinski definition) is 3. The van der Waals surface area contributed by atoms with Gasteiger partial charge in [0, 0.05) is 25.0 Å². The number of aryl methyl sites for hydroxylation is 1. The molecule has 25 heavy (non-hydrogen) atoms. The monoisotopic (exact) mass is 337 g/mol. The molecule has 1 saturated heterocycles. The number of aromatic nitrogens is 1. The van der Waals surface area contributed by atoms with Crippen molar-refractivity contribution in [3.05, 3.63) is 65.5 Å². The second kappa shape index (κ2) is 8.26. The summed E-state index contributed by atoms with van der Waals surface area (Å²) in [5, 5.41) is 0. The smallest absolute Gasteiger partial charge is 0.255 e. The van der Waals surface area contributed by atoms with E-state index in [1.54, 1.807) is 12.4 Å². The summed E-state index contributed by atoms with van der Waals surface area (Å²) in [6.07, 6.45) is 6.42. The molecule has 1 fully saturated rings. The molecule has 2 heterocycles. The van der Waals surface area contributed by atoms with Crippen molar-refractivity contribution in [2.75, 3.05) is 26.7 Å². The Labute approximate surface area is 150 Å². The van der Waals surface area contributed by atoms with Crippen molar-refractivity contribution in [1.82, 2.24) is 14.8 Å². The second-order valence-corrected chi connectivity index (χ2v) is 6.96. The number of benzene rings is 1. The van der Waals surface area contributed by atoms with Gasteiger partial charge in [0.1, 0.15) is 0 Å². The molecule has 0 N–H and O–H groups in total. The van der Waals surface area contributed by atoms with Gasteiger partial charge in [0.15, 0.2) is 0 Å². The van der Waals surface area contributed by atoms with Crippen LogP contribution in [0.2, 0.25) is 0 Å². The zero-order chi connectivity index (χ0) is 17.6. The molecule has 132 valence electrons. The maximum absolute atomic E-state index is 13.2. The van der Waals surface area contributed by atoms with E-state index in [4.69, 9.17) is 0 Å². The van der Waals surface area contributed by atoms with Crippen LogP contribution in [-0.4, -0.2) is 53.4 Å². The van der Waals surface area contributed by atoms with Crippen LogP contribution < -0.4 is 0 Å². The normalized spacial score (nSPS) is 15.9. The van der Waals surface area contributed by atoms with Gasteiger partial charge in [-0.2, -0.15) is 0 Å². The van der Waals surface area contributed by atoms with E-state index in [9.17, 15) is 4.79 Å². The average Bonchev–Trinajstić information content (AvgIpc) is 2.64. The molecule has 1 aliphatic heterocycles. The number of hydrogen-bond donors (Lipinski definition) is 0. The third-order valence-electron chi connectivity index (χ3n) is 5.14. The molecule has 1 aromatic heterocycles. The Morgan fingerprint density at radius 2 is 1.92 bits per heavy atom. The van der Waals surface area contributed by atoms with Crippen LogP contribution in [0.25, 0.3) is 0 Å². The first-order valence-corrected chi connectivity index (χ1v) is 9.09. The molecule has 2 aromatic rings. The van der Waals surface area contributed by atoms with E-state index < -0.39 is 0 Å². The van der Waals surface area contributed by atoms with E-state index in [1.807, 2.05) is 19.1 Å². The van der Waals surface area contributed by atoms with Crippen LogP contribution in [0, 0.1) is 6.92 Å². The Morgan fingerprint density at radius 1 is 1.20 bits per heavy atom. The molecule has 3 rings (SSSR count). The lowest BCUT2D eigenvalue weighted by molar-refractivity contribution is 0.0593. The molecule has 4 heteroatoms. The molecule has 1 aromatic carbocycles. The van der Waals surface area contributed by atoms with Gasteiger partial charge in [-0.15, -0.1) is 0 Å². The number of pyridine rings is 1. The van der Waals surface area contributed by atoms with Gasteiger partial charge in [-0.3, -0.25) is 9.78 Å². The predicted octanol–water partition coefficient (Wildman–Crippen LogP) is 3.17. The molecule has 1 aliphatic rings. The maximum atomic E-state index is 13.2. The van der Waals surface area contributed by atoms with E-state index in [-0.39, 0.29) is 5.91 Å². The molecule has 1 amide bonds. The molecular formula is C21H27N3O. The molecular weight excluding hydrogens is 310 g/mol. The van der Waals surface area contributed by atoms with E-state index in [0.717, 1.165) is 50.0 Å². The predicted molar refractivity (Wildman–Crippen MR) is 101 cm³/mol. The van der Waals surface area contributed by atoms with Crippen LogP contribution in [0.3, 0.4) is 0 Å². The Bertz CT molecular complexity index is 693. The standard InChI is InChI=1S/C21H27N3O/c1-17-8-12-22-16-20(17)21(25)24(19-10-13-23(2)14-11-19)15-9-18-6-4-3-5-7-18/h3-8,12,16,19H,9-11,13-15H2,1-2H3. The first-order valence-electron chi connectivity index (χ1n) is 9.09. The SMILES string of the molecule is Cc1ccncc1C(=O)N(CCc1ccccc1)C1CCN(C)CC1. The largest absolute Gasteiger partial charge is 0.335 e. The van der Waals surface area contributed by atoms with E-state index in [2.05, 4.69) is 46.1 Å². The fourth-order valence-corrected chi connectivity index (χ4v) is 3.49. The van der Waals surface area contributed by atoms with E-state index in [1.165, 1.54) is 5.56 Å². The highest BCUT2D eigenvalue weighted by Gasteiger charge is 2.28. The van der Waals surface area contributed by atoms with Crippen molar-refractivity contribution < 1.29 is 4.79 Å². The van der Waals surface area contributed by atoms with Gasteiger partial charge in [0.2, 0.25) is 0 Å². The average molecular weight is 337 g/mol. The summed E-state index contributed by atoms with van der Waals surface area (Å²) < 4.78 is 0. The molecule has 4 nitrogen and oxygen atoms in total. The summed E-state index contributed by atoms with van der Waals surface area (Å²) >= 11 is 0. The van der Waals surface area contributed by atoms with Gasteiger partial charge in [0.05, 0.1) is 5.56 Å². The topological polar surface area (TPSA) is 36.4 Å². The molecule has 0 radical (unpaired) electrons. The van der Waals surface area contributed by atoms with Crippen LogP contribution >= 0.6 is 0 Å². The van der Waals surface area contributed by atoms with Crippen molar-refractivity contribution in [3.63, 3.8) is 0 Å². The van der Waals surface area contributed by atoms with Gasteiger partial charge in [-0.25, -0.2) is 0 Å². The summed E-state index contributed by atoms with van der Waals surface area (Å²) in [6, 6.07) is 12.6. The number of carbonyl (C=O) groups is 1. The first-order chi connectivity index (χ1) is 12.1. The van der Waals surface area contributed by atoms with Crippen LogP contribution in [0.15, 0.2) is 48.8 Å². The van der Waals surface area contributed by atoms with Gasteiger partial charge in [-0.05, 0) is 63.5 Å². The molecule has 0 atom stereocenters. The molecule has 0 saturated carbocycles. The fraction of sp³-hybridized carbons (Fsp3) is 0.429. The number of amides is 1. The van der Waals surface area contributed by atoms with Gasteiger partial charge in [0.25, 0.3) is 5.91 Å².